The van der Waals surface area contributed by atoms with Crippen LogP contribution in [0.25, 0.3) is 0 Å². The number of carbonyl (C=O) groups is 1. The van der Waals surface area contributed by atoms with Crippen LogP contribution >= 0.6 is 11.3 Å². The van der Waals surface area contributed by atoms with Gasteiger partial charge in [-0.3, -0.25) is 4.79 Å². The summed E-state index contributed by atoms with van der Waals surface area (Å²) < 4.78 is 5.34. The summed E-state index contributed by atoms with van der Waals surface area (Å²) in [6, 6.07) is 14.6. The summed E-state index contributed by atoms with van der Waals surface area (Å²) in [5, 5.41) is 2.14. The van der Waals surface area contributed by atoms with Crippen LogP contribution in [0, 0.1) is 5.92 Å². The molecule has 4 nitrogen and oxygen atoms in total. The van der Waals surface area contributed by atoms with Gasteiger partial charge in [-0.2, -0.15) is 0 Å². The number of piperidine rings is 1. The number of nitrogens with zero attached hydrogens (tertiary/aromatic N) is 2. The summed E-state index contributed by atoms with van der Waals surface area (Å²) in [5.41, 5.74) is 0.968. The minimum Gasteiger partial charge on any atom is -0.372 e. The highest BCUT2D eigenvalue weighted by atomic mass is 32.1. The van der Waals surface area contributed by atoms with Crippen LogP contribution in [-0.2, 0) is 16.0 Å². The number of hydrogen-bond donors (Lipinski definition) is 0. The summed E-state index contributed by atoms with van der Waals surface area (Å²) in [5.74, 6) is 0.461. The molecule has 3 atom stereocenters. The molecule has 1 unspecified atom stereocenters. The summed E-state index contributed by atoms with van der Waals surface area (Å²) in [6.07, 6.45) is 1.66. The van der Waals surface area contributed by atoms with Crippen molar-refractivity contribution in [2.45, 2.75) is 38.8 Å². The van der Waals surface area contributed by atoms with Crippen molar-refractivity contribution < 1.29 is 9.53 Å². The third-order valence-corrected chi connectivity index (χ3v) is 6.44. The van der Waals surface area contributed by atoms with Gasteiger partial charge in [0, 0.05) is 43.4 Å². The van der Waals surface area contributed by atoms with Crippen LogP contribution in [0.2, 0.25) is 0 Å². The van der Waals surface area contributed by atoms with Gasteiger partial charge in [-0.25, -0.2) is 0 Å². The first-order valence-corrected chi connectivity index (χ1v) is 10.6. The number of ether oxygens (including phenoxy) is 1. The predicted molar refractivity (Wildman–Crippen MR) is 112 cm³/mol. The molecular weight excluding hydrogens is 356 g/mol. The van der Waals surface area contributed by atoms with E-state index in [2.05, 4.69) is 29.3 Å². The van der Waals surface area contributed by atoms with Gasteiger partial charge < -0.3 is 14.5 Å². The zero-order valence-electron chi connectivity index (χ0n) is 16.5. The molecule has 1 saturated heterocycles. The largest absolute Gasteiger partial charge is 0.372 e. The van der Waals surface area contributed by atoms with Gasteiger partial charge in [0.1, 0.15) is 6.10 Å². The normalized spacial score (nSPS) is 21.7. The Labute approximate surface area is 166 Å². The Morgan fingerprint density at radius 1 is 1.30 bits per heavy atom. The molecule has 1 aliphatic rings. The Morgan fingerprint density at radius 3 is 2.70 bits per heavy atom. The average molecular weight is 387 g/mol. The van der Waals surface area contributed by atoms with E-state index in [0.29, 0.717) is 5.92 Å². The van der Waals surface area contributed by atoms with Crippen molar-refractivity contribution in [2.24, 2.45) is 5.92 Å². The Bertz CT molecular complexity index is 704. The highest BCUT2D eigenvalue weighted by Gasteiger charge is 2.35. The van der Waals surface area contributed by atoms with Gasteiger partial charge >= 0.3 is 0 Å². The van der Waals surface area contributed by atoms with E-state index in [4.69, 9.17) is 4.74 Å². The number of amides is 1. The SMILES string of the molecule is COC(C)C(=O)N(c1ccccc1)[C@@H]1CCN(CCc2cccs2)C[C@@H]1C. The van der Waals surface area contributed by atoms with Crippen LogP contribution in [0.15, 0.2) is 47.8 Å². The minimum absolute atomic E-state index is 0.0487. The van der Waals surface area contributed by atoms with Crippen LogP contribution in [0.5, 0.6) is 0 Å². The van der Waals surface area contributed by atoms with Gasteiger partial charge in [0.25, 0.3) is 5.91 Å². The van der Waals surface area contributed by atoms with Crippen molar-refractivity contribution in [3.8, 4) is 0 Å². The number of methoxy groups -OCH3 is 1. The van der Waals surface area contributed by atoms with Crippen LogP contribution in [0.3, 0.4) is 0 Å². The Hall–Kier alpha value is -1.69. The van der Waals surface area contributed by atoms with Gasteiger partial charge in [0.15, 0.2) is 0 Å². The van der Waals surface area contributed by atoms with Crippen molar-refractivity contribution >= 4 is 22.9 Å². The minimum atomic E-state index is -0.436. The molecule has 1 fully saturated rings. The van der Waals surface area contributed by atoms with E-state index in [-0.39, 0.29) is 11.9 Å². The topological polar surface area (TPSA) is 32.8 Å². The van der Waals surface area contributed by atoms with Gasteiger partial charge in [-0.15, -0.1) is 11.3 Å². The zero-order chi connectivity index (χ0) is 19.2. The van der Waals surface area contributed by atoms with Crippen LogP contribution in [-0.4, -0.2) is 49.7 Å². The molecule has 1 aromatic carbocycles. The van der Waals surface area contributed by atoms with Gasteiger partial charge in [0.05, 0.1) is 0 Å². The summed E-state index contributed by atoms with van der Waals surface area (Å²) >= 11 is 1.83. The van der Waals surface area contributed by atoms with Crippen molar-refractivity contribution in [1.82, 2.24) is 4.90 Å². The molecule has 2 heterocycles. The molecule has 1 aromatic heterocycles. The number of anilines is 1. The Balaban J connectivity index is 1.69. The zero-order valence-corrected chi connectivity index (χ0v) is 17.3. The molecule has 27 heavy (non-hydrogen) atoms. The molecule has 0 saturated carbocycles. The fraction of sp³-hybridized carbons (Fsp3) is 0.500. The maximum atomic E-state index is 13.1. The molecule has 1 amide bonds. The van der Waals surface area contributed by atoms with Crippen molar-refractivity contribution in [3.05, 3.63) is 52.7 Å². The predicted octanol–water partition coefficient (Wildman–Crippen LogP) is 4.07. The number of para-hydroxylation sites is 1. The second kappa shape index (κ2) is 9.49. The quantitative estimate of drug-likeness (QED) is 0.719. The van der Waals surface area contributed by atoms with Crippen molar-refractivity contribution in [3.63, 3.8) is 0 Å². The first-order chi connectivity index (χ1) is 13.1. The van der Waals surface area contributed by atoms with Crippen LogP contribution in [0.4, 0.5) is 5.69 Å². The first-order valence-electron chi connectivity index (χ1n) is 9.75. The third kappa shape index (κ3) is 4.98. The second-order valence-corrected chi connectivity index (χ2v) is 8.42. The molecule has 146 valence electrons. The molecule has 2 aromatic rings. The monoisotopic (exact) mass is 386 g/mol. The maximum absolute atomic E-state index is 13.1. The van der Waals surface area contributed by atoms with E-state index in [0.717, 1.165) is 38.2 Å². The van der Waals surface area contributed by atoms with E-state index in [1.54, 1.807) is 7.11 Å². The van der Waals surface area contributed by atoms with Gasteiger partial charge in [-0.05, 0) is 49.3 Å². The van der Waals surface area contributed by atoms with E-state index in [9.17, 15) is 4.79 Å². The molecular formula is C22H30N2O2S. The summed E-state index contributed by atoms with van der Waals surface area (Å²) in [4.78, 5) is 19.0. The molecule has 0 spiro atoms. The van der Waals surface area contributed by atoms with E-state index >= 15 is 0 Å². The summed E-state index contributed by atoms with van der Waals surface area (Å²) in [7, 11) is 1.60. The van der Waals surface area contributed by atoms with E-state index in [1.165, 1.54) is 4.88 Å². The number of benzene rings is 1. The van der Waals surface area contributed by atoms with Crippen LogP contribution in [0.1, 0.15) is 25.1 Å². The fourth-order valence-electron chi connectivity index (χ4n) is 3.90. The molecule has 3 rings (SSSR count). The lowest BCUT2D eigenvalue weighted by Gasteiger charge is -2.43. The second-order valence-electron chi connectivity index (χ2n) is 7.38. The van der Waals surface area contributed by atoms with Gasteiger partial charge in [-0.1, -0.05) is 31.2 Å². The number of carbonyl (C=O) groups excluding carboxylic acids is 1. The van der Waals surface area contributed by atoms with E-state index in [1.807, 2.05) is 53.5 Å². The molecule has 5 heteroatoms. The standard InChI is InChI=1S/C22H30N2O2S/c1-17-16-23(13-11-20-10-7-15-27-20)14-12-21(17)24(22(25)18(2)26-3)19-8-5-4-6-9-19/h4-10,15,17-18,21H,11-14,16H2,1-3H3/t17-,18?,21+/m0/s1. The smallest absolute Gasteiger partial charge is 0.256 e. The lowest BCUT2D eigenvalue weighted by molar-refractivity contribution is -0.128. The maximum Gasteiger partial charge on any atom is 0.256 e. The Morgan fingerprint density at radius 2 is 2.07 bits per heavy atom. The fourth-order valence-corrected chi connectivity index (χ4v) is 4.60. The molecule has 1 aliphatic heterocycles. The van der Waals surface area contributed by atoms with Crippen LogP contribution < -0.4 is 4.90 Å². The van der Waals surface area contributed by atoms with Crippen molar-refractivity contribution in [2.75, 3.05) is 31.6 Å². The Kier molecular flexibility index (Phi) is 7.05. The van der Waals surface area contributed by atoms with Crippen molar-refractivity contribution in [1.29, 1.82) is 0 Å². The molecule has 0 N–H and O–H groups in total. The molecule has 0 radical (unpaired) electrons. The van der Waals surface area contributed by atoms with Gasteiger partial charge in [0.2, 0.25) is 0 Å². The molecule has 0 bridgehead atoms. The number of likely N-dealkylation sites (tertiary alicyclic amines) is 1. The average Bonchev–Trinajstić information content (AvgIpc) is 3.22. The molecule has 0 aliphatic carbocycles. The number of hydrogen-bond acceptors (Lipinski definition) is 4. The third-order valence-electron chi connectivity index (χ3n) is 5.50. The number of thiophene rings is 1. The summed E-state index contributed by atoms with van der Waals surface area (Å²) in [6.45, 7) is 7.24. The van der Waals surface area contributed by atoms with E-state index < -0.39 is 6.10 Å². The lowest BCUT2D eigenvalue weighted by atomic mass is 9.91. The highest BCUT2D eigenvalue weighted by molar-refractivity contribution is 7.09. The first kappa shape index (κ1) is 20.1. The highest BCUT2D eigenvalue weighted by Crippen LogP contribution is 2.28. The number of rotatable bonds is 7. The lowest BCUT2D eigenvalue weighted by Crippen LogP contribution is -2.54.